The average Bonchev–Trinajstić information content (AvgIpc) is 2.15. The fraction of sp³-hybridized carbons (Fsp3) is 0.700. The average molecular weight is 200 g/mol. The highest BCUT2D eigenvalue weighted by atomic mass is 16.7. The van der Waals surface area contributed by atoms with E-state index in [0.29, 0.717) is 6.61 Å². The molecule has 2 atom stereocenters. The molecular weight excluding hydrogens is 184 g/mol. The minimum absolute atomic E-state index is 0.0795. The Hall–Kier alpha value is -1.03. The van der Waals surface area contributed by atoms with Crippen molar-refractivity contribution in [3.63, 3.8) is 0 Å². The SMILES string of the molecule is CC(C)C(CC(=O)O)C1OC=CCO1. The minimum atomic E-state index is -0.814. The van der Waals surface area contributed by atoms with Crippen molar-refractivity contribution in [2.45, 2.75) is 26.6 Å². The topological polar surface area (TPSA) is 55.8 Å². The quantitative estimate of drug-likeness (QED) is 0.749. The van der Waals surface area contributed by atoms with Crippen LogP contribution in [0.1, 0.15) is 20.3 Å². The molecule has 0 amide bonds. The van der Waals surface area contributed by atoms with Gasteiger partial charge in [-0.05, 0) is 12.0 Å². The maximum Gasteiger partial charge on any atom is 0.303 e. The summed E-state index contributed by atoms with van der Waals surface area (Å²) in [5.41, 5.74) is 0. The second-order valence-corrected chi connectivity index (χ2v) is 3.72. The van der Waals surface area contributed by atoms with Crippen molar-refractivity contribution in [2.24, 2.45) is 11.8 Å². The molecule has 14 heavy (non-hydrogen) atoms. The van der Waals surface area contributed by atoms with E-state index in [-0.39, 0.29) is 18.3 Å². The van der Waals surface area contributed by atoms with E-state index in [2.05, 4.69) is 0 Å². The number of aliphatic carboxylic acids is 1. The van der Waals surface area contributed by atoms with E-state index in [1.54, 1.807) is 12.3 Å². The van der Waals surface area contributed by atoms with Gasteiger partial charge in [0.1, 0.15) is 0 Å². The third-order valence-corrected chi connectivity index (χ3v) is 2.28. The minimum Gasteiger partial charge on any atom is -0.481 e. The van der Waals surface area contributed by atoms with E-state index >= 15 is 0 Å². The van der Waals surface area contributed by atoms with Crippen LogP contribution in [0.25, 0.3) is 0 Å². The molecule has 0 fully saturated rings. The Labute approximate surface area is 83.5 Å². The van der Waals surface area contributed by atoms with Gasteiger partial charge in [0, 0.05) is 5.92 Å². The highest BCUT2D eigenvalue weighted by Crippen LogP contribution is 2.24. The van der Waals surface area contributed by atoms with Crippen LogP contribution in [0.15, 0.2) is 12.3 Å². The lowest BCUT2D eigenvalue weighted by Gasteiger charge is -2.29. The molecule has 1 heterocycles. The molecule has 0 aromatic heterocycles. The Kier molecular flexibility index (Phi) is 3.95. The van der Waals surface area contributed by atoms with E-state index in [1.807, 2.05) is 13.8 Å². The van der Waals surface area contributed by atoms with Crippen molar-refractivity contribution in [1.29, 1.82) is 0 Å². The summed E-state index contributed by atoms with van der Waals surface area (Å²) < 4.78 is 10.6. The molecule has 2 unspecified atom stereocenters. The molecule has 0 aromatic rings. The molecule has 0 saturated carbocycles. The van der Waals surface area contributed by atoms with Gasteiger partial charge in [0.2, 0.25) is 6.29 Å². The summed E-state index contributed by atoms with van der Waals surface area (Å²) in [6, 6.07) is 0. The van der Waals surface area contributed by atoms with Gasteiger partial charge < -0.3 is 14.6 Å². The predicted octanol–water partition coefficient (Wildman–Crippen LogP) is 1.62. The van der Waals surface area contributed by atoms with E-state index in [0.717, 1.165) is 0 Å². The first-order valence-electron chi connectivity index (χ1n) is 4.75. The van der Waals surface area contributed by atoms with Crippen LogP contribution in [0.2, 0.25) is 0 Å². The maximum atomic E-state index is 10.6. The van der Waals surface area contributed by atoms with Crippen LogP contribution in [0.3, 0.4) is 0 Å². The van der Waals surface area contributed by atoms with E-state index < -0.39 is 12.3 Å². The lowest BCUT2D eigenvalue weighted by Crippen LogP contribution is -2.33. The summed E-state index contributed by atoms with van der Waals surface area (Å²) in [4.78, 5) is 10.6. The molecule has 1 aliphatic heterocycles. The second kappa shape index (κ2) is 5.00. The summed E-state index contributed by atoms with van der Waals surface area (Å²) in [7, 11) is 0. The monoisotopic (exact) mass is 200 g/mol. The molecule has 0 saturated heterocycles. The molecule has 0 bridgehead atoms. The summed E-state index contributed by atoms with van der Waals surface area (Å²) in [6.45, 7) is 4.44. The third kappa shape index (κ3) is 3.03. The second-order valence-electron chi connectivity index (χ2n) is 3.72. The third-order valence-electron chi connectivity index (χ3n) is 2.28. The predicted molar refractivity (Wildman–Crippen MR) is 50.5 cm³/mol. The molecule has 4 heteroatoms. The van der Waals surface area contributed by atoms with Crippen molar-refractivity contribution in [2.75, 3.05) is 6.61 Å². The number of carbonyl (C=O) groups is 1. The van der Waals surface area contributed by atoms with Gasteiger partial charge >= 0.3 is 5.97 Å². The summed E-state index contributed by atoms with van der Waals surface area (Å²) in [5, 5.41) is 8.73. The van der Waals surface area contributed by atoms with Gasteiger partial charge in [-0.15, -0.1) is 0 Å². The van der Waals surface area contributed by atoms with Gasteiger partial charge in [-0.3, -0.25) is 4.79 Å². The molecule has 1 aliphatic rings. The van der Waals surface area contributed by atoms with E-state index in [9.17, 15) is 4.79 Å². The highest BCUT2D eigenvalue weighted by molar-refractivity contribution is 5.67. The van der Waals surface area contributed by atoms with E-state index in [4.69, 9.17) is 14.6 Å². The van der Waals surface area contributed by atoms with Crippen LogP contribution in [0, 0.1) is 11.8 Å². The van der Waals surface area contributed by atoms with Gasteiger partial charge in [-0.25, -0.2) is 0 Å². The van der Waals surface area contributed by atoms with Crippen LogP contribution < -0.4 is 0 Å². The summed E-state index contributed by atoms with van der Waals surface area (Å²) >= 11 is 0. The molecule has 80 valence electrons. The zero-order valence-corrected chi connectivity index (χ0v) is 8.47. The fourth-order valence-corrected chi connectivity index (χ4v) is 1.43. The fourth-order valence-electron chi connectivity index (χ4n) is 1.43. The number of carboxylic acids is 1. The number of hydrogen-bond donors (Lipinski definition) is 1. The standard InChI is InChI=1S/C10H16O4/c1-7(2)8(6-9(11)12)10-13-4-3-5-14-10/h3-4,7-8,10H,5-6H2,1-2H3,(H,11,12). The molecular formula is C10H16O4. The molecule has 1 N–H and O–H groups in total. The van der Waals surface area contributed by atoms with Gasteiger partial charge in [0.25, 0.3) is 0 Å². The first kappa shape index (κ1) is 11.0. The van der Waals surface area contributed by atoms with Crippen LogP contribution in [0.5, 0.6) is 0 Å². The Morgan fingerprint density at radius 1 is 1.64 bits per heavy atom. The zero-order chi connectivity index (χ0) is 10.6. The Balaban J connectivity index is 2.57. The lowest BCUT2D eigenvalue weighted by atomic mass is 9.92. The van der Waals surface area contributed by atoms with Gasteiger partial charge in [-0.2, -0.15) is 0 Å². The Morgan fingerprint density at radius 2 is 2.36 bits per heavy atom. The zero-order valence-electron chi connectivity index (χ0n) is 8.47. The maximum absolute atomic E-state index is 10.6. The van der Waals surface area contributed by atoms with Gasteiger partial charge in [0.15, 0.2) is 0 Å². The van der Waals surface area contributed by atoms with Crippen LogP contribution in [0.4, 0.5) is 0 Å². The first-order valence-corrected chi connectivity index (χ1v) is 4.75. The molecule has 0 aromatic carbocycles. The van der Waals surface area contributed by atoms with Crippen LogP contribution in [-0.4, -0.2) is 24.0 Å². The largest absolute Gasteiger partial charge is 0.481 e. The Morgan fingerprint density at radius 3 is 2.79 bits per heavy atom. The lowest BCUT2D eigenvalue weighted by molar-refractivity contribution is -0.165. The number of rotatable bonds is 4. The van der Waals surface area contributed by atoms with Gasteiger partial charge in [0.05, 0.1) is 19.3 Å². The Bertz CT molecular complexity index is 222. The van der Waals surface area contributed by atoms with Crippen molar-refractivity contribution in [1.82, 2.24) is 0 Å². The van der Waals surface area contributed by atoms with Crippen LogP contribution >= 0.6 is 0 Å². The molecule has 4 nitrogen and oxygen atoms in total. The van der Waals surface area contributed by atoms with E-state index in [1.165, 1.54) is 0 Å². The molecule has 0 spiro atoms. The van der Waals surface area contributed by atoms with Crippen molar-refractivity contribution in [3.05, 3.63) is 12.3 Å². The van der Waals surface area contributed by atoms with Crippen molar-refractivity contribution in [3.8, 4) is 0 Å². The molecule has 0 aliphatic carbocycles. The van der Waals surface area contributed by atoms with Crippen molar-refractivity contribution < 1.29 is 19.4 Å². The van der Waals surface area contributed by atoms with Crippen molar-refractivity contribution >= 4 is 5.97 Å². The summed E-state index contributed by atoms with van der Waals surface area (Å²) in [5.74, 6) is -0.689. The first-order chi connectivity index (χ1) is 6.61. The van der Waals surface area contributed by atoms with Crippen LogP contribution in [-0.2, 0) is 14.3 Å². The smallest absolute Gasteiger partial charge is 0.303 e. The van der Waals surface area contributed by atoms with Gasteiger partial charge in [-0.1, -0.05) is 13.8 Å². The molecule has 0 radical (unpaired) electrons. The number of ether oxygens (including phenoxy) is 2. The molecule has 1 rings (SSSR count). The number of hydrogen-bond acceptors (Lipinski definition) is 3. The summed E-state index contributed by atoms with van der Waals surface area (Å²) in [6.07, 6.45) is 2.99. The number of carboxylic acid groups (broad SMARTS) is 1. The normalized spacial score (nSPS) is 23.2. The highest BCUT2D eigenvalue weighted by Gasteiger charge is 2.29.